The number of ether oxygens (including phenoxy) is 1. The Morgan fingerprint density at radius 1 is 1.03 bits per heavy atom. The Bertz CT molecular complexity index is 858. The predicted molar refractivity (Wildman–Crippen MR) is 113 cm³/mol. The molecule has 8 nitrogen and oxygen atoms in total. The average Bonchev–Trinajstić information content (AvgIpc) is 3.17. The molecule has 1 atom stereocenters. The van der Waals surface area contributed by atoms with Crippen LogP contribution < -0.4 is 0 Å². The fraction of sp³-hybridized carbons (Fsp3) is 0.619. The van der Waals surface area contributed by atoms with Crippen LogP contribution >= 0.6 is 0 Å². The van der Waals surface area contributed by atoms with Gasteiger partial charge in [-0.2, -0.15) is 4.31 Å². The minimum absolute atomic E-state index is 0.0448. The third-order valence-corrected chi connectivity index (χ3v) is 7.15. The number of rotatable bonds is 4. The Hall–Kier alpha value is -2.13. The van der Waals surface area contributed by atoms with Crippen molar-refractivity contribution in [1.29, 1.82) is 0 Å². The number of likely N-dealkylation sites (tertiary alicyclic amines) is 1. The molecule has 0 radical (unpaired) electrons. The Morgan fingerprint density at radius 2 is 1.67 bits per heavy atom. The summed E-state index contributed by atoms with van der Waals surface area (Å²) in [4.78, 5) is 28.7. The number of hydrogen-bond donors (Lipinski definition) is 0. The molecule has 2 saturated heterocycles. The summed E-state index contributed by atoms with van der Waals surface area (Å²) in [7, 11) is -3.44. The molecule has 0 N–H and O–H groups in total. The molecule has 2 aliphatic heterocycles. The highest BCUT2D eigenvalue weighted by Gasteiger charge is 2.40. The van der Waals surface area contributed by atoms with E-state index >= 15 is 0 Å². The summed E-state index contributed by atoms with van der Waals surface area (Å²) in [6.45, 7) is 7.07. The third kappa shape index (κ3) is 5.51. The summed E-state index contributed by atoms with van der Waals surface area (Å²) in [6.07, 6.45) is 0.883. The number of benzene rings is 1. The minimum atomic E-state index is -3.44. The highest BCUT2D eigenvalue weighted by atomic mass is 32.2. The van der Waals surface area contributed by atoms with Crippen molar-refractivity contribution in [3.63, 3.8) is 0 Å². The molecule has 0 bridgehead atoms. The molecule has 0 unspecified atom stereocenters. The molecule has 1 aromatic rings. The predicted octanol–water partition coefficient (Wildman–Crippen LogP) is 2.06. The summed E-state index contributed by atoms with van der Waals surface area (Å²) in [5.74, 6) is -0.171. The summed E-state index contributed by atoms with van der Waals surface area (Å²) in [6, 6.07) is 8.54. The fourth-order valence-corrected chi connectivity index (χ4v) is 5.35. The van der Waals surface area contributed by atoms with Gasteiger partial charge in [-0.1, -0.05) is 30.3 Å². The first-order valence-electron chi connectivity index (χ1n) is 10.4. The largest absolute Gasteiger partial charge is 0.444 e. The van der Waals surface area contributed by atoms with Crippen LogP contribution in [0.3, 0.4) is 0 Å². The van der Waals surface area contributed by atoms with Gasteiger partial charge >= 0.3 is 6.09 Å². The Labute approximate surface area is 178 Å². The Balaban J connectivity index is 1.57. The summed E-state index contributed by atoms with van der Waals surface area (Å²) < 4.78 is 32.3. The van der Waals surface area contributed by atoms with Crippen LogP contribution in [0, 0.1) is 0 Å². The summed E-state index contributed by atoms with van der Waals surface area (Å²) >= 11 is 0. The number of amides is 2. The number of hydrogen-bond acceptors (Lipinski definition) is 5. The monoisotopic (exact) mass is 437 g/mol. The standard InChI is InChI=1S/C21H31N3O5S/c1-21(2,3)29-20(26)24-11-7-10-18(24)19(25)22-12-14-23(15-13-22)30(27,28)16-17-8-5-4-6-9-17/h4-6,8-9,18H,7,10-16H2,1-3H3/t18-/m1/s1. The molecule has 0 saturated carbocycles. The fourth-order valence-electron chi connectivity index (χ4n) is 3.84. The summed E-state index contributed by atoms with van der Waals surface area (Å²) in [5.41, 5.74) is 0.126. The van der Waals surface area contributed by atoms with E-state index in [1.165, 1.54) is 9.21 Å². The molecule has 0 aliphatic carbocycles. The summed E-state index contributed by atoms with van der Waals surface area (Å²) in [5, 5.41) is 0. The maximum Gasteiger partial charge on any atom is 0.410 e. The maximum atomic E-state index is 13.0. The van der Waals surface area contributed by atoms with E-state index in [-0.39, 0.29) is 24.7 Å². The van der Waals surface area contributed by atoms with Crippen molar-refractivity contribution in [2.45, 2.75) is 51.0 Å². The first-order valence-corrected chi connectivity index (χ1v) is 12.0. The molecular formula is C21H31N3O5S. The van der Waals surface area contributed by atoms with Crippen LogP contribution in [0.15, 0.2) is 30.3 Å². The van der Waals surface area contributed by atoms with Crippen LogP contribution in [0.4, 0.5) is 4.79 Å². The van der Waals surface area contributed by atoms with Crippen molar-refractivity contribution in [2.75, 3.05) is 32.7 Å². The van der Waals surface area contributed by atoms with Gasteiger partial charge < -0.3 is 9.64 Å². The molecular weight excluding hydrogens is 406 g/mol. The minimum Gasteiger partial charge on any atom is -0.444 e. The van der Waals surface area contributed by atoms with E-state index in [1.807, 2.05) is 18.2 Å². The third-order valence-electron chi connectivity index (χ3n) is 5.30. The lowest BCUT2D eigenvalue weighted by Crippen LogP contribution is -2.55. The van der Waals surface area contributed by atoms with Gasteiger partial charge in [-0.25, -0.2) is 13.2 Å². The zero-order valence-corrected chi connectivity index (χ0v) is 18.7. The quantitative estimate of drug-likeness (QED) is 0.720. The van der Waals surface area contributed by atoms with Gasteiger partial charge in [0.1, 0.15) is 11.6 Å². The second-order valence-electron chi connectivity index (χ2n) is 8.80. The molecule has 0 aromatic heterocycles. The van der Waals surface area contributed by atoms with Crippen molar-refractivity contribution < 1.29 is 22.7 Å². The lowest BCUT2D eigenvalue weighted by Gasteiger charge is -2.37. The van der Waals surface area contributed by atoms with Gasteiger partial charge in [0.15, 0.2) is 0 Å². The number of sulfonamides is 1. The maximum absolute atomic E-state index is 13.0. The van der Waals surface area contributed by atoms with E-state index in [4.69, 9.17) is 4.74 Å². The highest BCUT2D eigenvalue weighted by Crippen LogP contribution is 2.23. The number of piperazine rings is 1. The van der Waals surface area contributed by atoms with Crippen LogP contribution in [0.2, 0.25) is 0 Å². The van der Waals surface area contributed by atoms with E-state index in [0.717, 1.165) is 12.0 Å². The Morgan fingerprint density at radius 3 is 2.27 bits per heavy atom. The van der Waals surface area contributed by atoms with Gasteiger partial charge in [-0.3, -0.25) is 9.69 Å². The normalized spacial score (nSPS) is 21.0. The van der Waals surface area contributed by atoms with Gasteiger partial charge in [0.25, 0.3) is 0 Å². The molecule has 2 amide bonds. The van der Waals surface area contributed by atoms with Gasteiger partial charge in [0.2, 0.25) is 15.9 Å². The van der Waals surface area contributed by atoms with Crippen LogP contribution in [0.5, 0.6) is 0 Å². The average molecular weight is 438 g/mol. The van der Waals surface area contributed by atoms with E-state index in [2.05, 4.69) is 0 Å². The SMILES string of the molecule is CC(C)(C)OC(=O)N1CCC[C@@H]1C(=O)N1CCN(S(=O)(=O)Cc2ccccc2)CC1. The topological polar surface area (TPSA) is 87.2 Å². The molecule has 3 rings (SSSR count). The van der Waals surface area contributed by atoms with Gasteiger partial charge in [-0.05, 0) is 39.2 Å². The first-order chi connectivity index (χ1) is 14.1. The van der Waals surface area contributed by atoms with Crippen LogP contribution in [0.25, 0.3) is 0 Å². The van der Waals surface area contributed by atoms with Crippen molar-refractivity contribution in [2.24, 2.45) is 0 Å². The highest BCUT2D eigenvalue weighted by molar-refractivity contribution is 7.88. The number of carbonyl (C=O) groups is 2. The van der Waals surface area contributed by atoms with Crippen molar-refractivity contribution >= 4 is 22.0 Å². The van der Waals surface area contributed by atoms with E-state index < -0.39 is 27.8 Å². The van der Waals surface area contributed by atoms with Crippen LogP contribution in [0.1, 0.15) is 39.2 Å². The first kappa shape index (κ1) is 22.6. The molecule has 166 valence electrons. The smallest absolute Gasteiger partial charge is 0.410 e. The lowest BCUT2D eigenvalue weighted by atomic mass is 10.1. The molecule has 2 fully saturated rings. The zero-order chi connectivity index (χ0) is 21.9. The van der Waals surface area contributed by atoms with Crippen molar-refractivity contribution in [1.82, 2.24) is 14.1 Å². The van der Waals surface area contributed by atoms with E-state index in [1.54, 1.807) is 37.8 Å². The molecule has 30 heavy (non-hydrogen) atoms. The molecule has 2 aliphatic rings. The van der Waals surface area contributed by atoms with Crippen LogP contribution in [-0.2, 0) is 25.3 Å². The zero-order valence-electron chi connectivity index (χ0n) is 17.9. The molecule has 1 aromatic carbocycles. The molecule has 2 heterocycles. The van der Waals surface area contributed by atoms with Crippen LogP contribution in [-0.4, -0.2) is 78.9 Å². The molecule has 9 heteroatoms. The second-order valence-corrected chi connectivity index (χ2v) is 10.8. The van der Waals surface area contributed by atoms with E-state index in [0.29, 0.717) is 26.1 Å². The second kappa shape index (κ2) is 8.93. The van der Waals surface area contributed by atoms with Gasteiger partial charge in [-0.15, -0.1) is 0 Å². The van der Waals surface area contributed by atoms with Gasteiger partial charge in [0, 0.05) is 32.7 Å². The molecule has 0 spiro atoms. The van der Waals surface area contributed by atoms with E-state index in [9.17, 15) is 18.0 Å². The van der Waals surface area contributed by atoms with Crippen molar-refractivity contribution in [3.05, 3.63) is 35.9 Å². The Kier molecular flexibility index (Phi) is 6.71. The van der Waals surface area contributed by atoms with Gasteiger partial charge in [0.05, 0.1) is 5.75 Å². The number of carbonyl (C=O) groups excluding carboxylic acids is 2. The lowest BCUT2D eigenvalue weighted by molar-refractivity contribution is -0.137. The number of nitrogens with zero attached hydrogens (tertiary/aromatic N) is 3. The van der Waals surface area contributed by atoms with Crippen molar-refractivity contribution in [3.8, 4) is 0 Å².